The third kappa shape index (κ3) is 7.67. The maximum absolute atomic E-state index is 12.8. The molecule has 0 spiro atoms. The number of amidine groups is 1. The van der Waals surface area contributed by atoms with Gasteiger partial charge in [0, 0.05) is 29.2 Å². The molecule has 3 aromatic carbocycles. The zero-order valence-electron chi connectivity index (χ0n) is 24.3. The van der Waals surface area contributed by atoms with E-state index in [0.29, 0.717) is 22.6 Å². The number of para-hydroxylation sites is 1. The summed E-state index contributed by atoms with van der Waals surface area (Å²) in [7, 11) is 0. The predicted molar refractivity (Wildman–Crippen MR) is 168 cm³/mol. The molecule has 1 aliphatic rings. The van der Waals surface area contributed by atoms with Crippen LogP contribution in [0.1, 0.15) is 44.2 Å². The van der Waals surface area contributed by atoms with E-state index in [0.717, 1.165) is 29.0 Å². The van der Waals surface area contributed by atoms with Crippen molar-refractivity contribution in [2.24, 2.45) is 4.99 Å². The number of nitrogens with one attached hydrogen (secondary N) is 1. The summed E-state index contributed by atoms with van der Waals surface area (Å²) in [6.07, 6.45) is 1.05. The molecular weight excluding hydrogens is 589 g/mol. The molecule has 1 atom stereocenters. The van der Waals surface area contributed by atoms with Crippen molar-refractivity contribution in [2.45, 2.75) is 45.5 Å². The summed E-state index contributed by atoms with van der Waals surface area (Å²) in [4.78, 5) is 23.7. The summed E-state index contributed by atoms with van der Waals surface area (Å²) in [5.41, 5.74) is 4.42. The van der Waals surface area contributed by atoms with Crippen LogP contribution in [0.25, 0.3) is 23.2 Å². The van der Waals surface area contributed by atoms with Crippen LogP contribution in [0.3, 0.4) is 0 Å². The topological polar surface area (TPSA) is 84.6 Å². The summed E-state index contributed by atoms with van der Waals surface area (Å²) in [6, 6.07) is 20.8. The standard InChI is InChI=1S/C32H31F3N6O2S/c1-21(2)27-6-4-5-7-28(27)41-22(3)17-19-44-31(41)38-30(42)36-18-16-23-8-10-24(11-9-23)29-37-20-40(39-29)25-12-14-26(15-13-25)43-32(33,34)35/h4-16,18,20-22H,17,19H2,1-3H3,(H,36,42)/b18-16+,38-31-. The number of carbonyl (C=O) groups is 1. The molecule has 1 saturated heterocycles. The van der Waals surface area contributed by atoms with Gasteiger partial charge in [0.05, 0.1) is 5.69 Å². The van der Waals surface area contributed by atoms with E-state index in [-0.39, 0.29) is 11.8 Å². The Labute approximate surface area is 257 Å². The molecule has 0 saturated carbocycles. The second-order valence-electron chi connectivity index (χ2n) is 10.4. The maximum atomic E-state index is 12.8. The first-order valence-corrected chi connectivity index (χ1v) is 15.0. The second kappa shape index (κ2) is 13.4. The number of alkyl halides is 3. The smallest absolute Gasteiger partial charge is 0.406 e. The van der Waals surface area contributed by atoms with Crippen molar-refractivity contribution >= 4 is 34.7 Å². The van der Waals surface area contributed by atoms with Crippen LogP contribution in [0.5, 0.6) is 5.75 Å². The average Bonchev–Trinajstić information content (AvgIpc) is 3.48. The quantitative estimate of drug-likeness (QED) is 0.225. The number of anilines is 1. The summed E-state index contributed by atoms with van der Waals surface area (Å²) in [5.74, 6) is 1.36. The van der Waals surface area contributed by atoms with E-state index in [1.54, 1.807) is 24.0 Å². The Morgan fingerprint density at radius 1 is 1.09 bits per heavy atom. The molecule has 1 unspecified atom stereocenters. The van der Waals surface area contributed by atoms with Gasteiger partial charge in [0.2, 0.25) is 0 Å². The minimum Gasteiger partial charge on any atom is -0.406 e. The van der Waals surface area contributed by atoms with Gasteiger partial charge < -0.3 is 15.0 Å². The fraction of sp³-hybridized carbons (Fsp3) is 0.250. The lowest BCUT2D eigenvalue weighted by atomic mass is 9.99. The molecule has 0 bridgehead atoms. The fourth-order valence-electron chi connectivity index (χ4n) is 4.72. The van der Waals surface area contributed by atoms with E-state index in [2.05, 4.69) is 62.9 Å². The molecule has 12 heteroatoms. The largest absolute Gasteiger partial charge is 0.573 e. The molecule has 1 N–H and O–H groups in total. The third-order valence-electron chi connectivity index (χ3n) is 6.91. The number of hydrogen-bond donors (Lipinski definition) is 1. The van der Waals surface area contributed by atoms with Crippen molar-refractivity contribution in [3.05, 3.63) is 96.5 Å². The number of rotatable bonds is 7. The third-order valence-corrected chi connectivity index (χ3v) is 7.89. The first-order chi connectivity index (χ1) is 21.1. The van der Waals surface area contributed by atoms with E-state index in [9.17, 15) is 18.0 Å². The van der Waals surface area contributed by atoms with Crippen LogP contribution in [0.4, 0.5) is 23.7 Å². The van der Waals surface area contributed by atoms with Gasteiger partial charge in [-0.1, -0.05) is 68.1 Å². The Morgan fingerprint density at radius 2 is 1.82 bits per heavy atom. The van der Waals surface area contributed by atoms with Gasteiger partial charge in [-0.3, -0.25) is 0 Å². The van der Waals surface area contributed by atoms with Crippen molar-refractivity contribution < 1.29 is 22.7 Å². The van der Waals surface area contributed by atoms with Gasteiger partial charge in [0.25, 0.3) is 0 Å². The number of aliphatic imine (C=N–C) groups is 1. The molecular formula is C32H31F3N6O2S. The van der Waals surface area contributed by atoms with Crippen LogP contribution in [0.15, 0.2) is 90.3 Å². The number of carbonyl (C=O) groups excluding carboxylic acids is 1. The molecule has 5 rings (SSSR count). The number of thioether (sulfide) groups is 1. The summed E-state index contributed by atoms with van der Waals surface area (Å²) < 4.78 is 42.6. The van der Waals surface area contributed by atoms with E-state index < -0.39 is 12.4 Å². The summed E-state index contributed by atoms with van der Waals surface area (Å²) in [5, 5.41) is 7.85. The first-order valence-electron chi connectivity index (χ1n) is 14.0. The minimum atomic E-state index is -4.75. The normalized spacial score (nSPS) is 16.6. The number of urea groups is 1. The van der Waals surface area contributed by atoms with Gasteiger partial charge in [-0.15, -0.1) is 18.3 Å². The van der Waals surface area contributed by atoms with Gasteiger partial charge in [-0.05, 0) is 66.8 Å². The van der Waals surface area contributed by atoms with Crippen LogP contribution in [-0.2, 0) is 0 Å². The Kier molecular flexibility index (Phi) is 9.38. The zero-order chi connectivity index (χ0) is 31.3. The maximum Gasteiger partial charge on any atom is 0.573 e. The van der Waals surface area contributed by atoms with Gasteiger partial charge in [0.1, 0.15) is 12.1 Å². The highest BCUT2D eigenvalue weighted by Gasteiger charge is 2.31. The molecule has 1 aromatic heterocycles. The number of halogens is 3. The van der Waals surface area contributed by atoms with E-state index in [1.807, 2.05) is 36.4 Å². The van der Waals surface area contributed by atoms with Crippen molar-refractivity contribution in [1.82, 2.24) is 20.1 Å². The Hall–Kier alpha value is -4.58. The van der Waals surface area contributed by atoms with Crippen molar-refractivity contribution in [1.29, 1.82) is 0 Å². The van der Waals surface area contributed by atoms with E-state index in [4.69, 9.17) is 0 Å². The number of aromatic nitrogens is 3. The molecule has 4 aromatic rings. The lowest BCUT2D eigenvalue weighted by Crippen LogP contribution is -2.42. The predicted octanol–water partition coefficient (Wildman–Crippen LogP) is 8.02. The number of nitrogens with zero attached hydrogens (tertiary/aromatic N) is 5. The minimum absolute atomic E-state index is 0.219. The molecule has 0 radical (unpaired) electrons. The number of amides is 2. The van der Waals surface area contributed by atoms with Gasteiger partial charge >= 0.3 is 12.4 Å². The van der Waals surface area contributed by atoms with Gasteiger partial charge in [-0.2, -0.15) is 4.99 Å². The van der Waals surface area contributed by atoms with Crippen LogP contribution >= 0.6 is 11.8 Å². The van der Waals surface area contributed by atoms with Crippen LogP contribution < -0.4 is 15.0 Å². The highest BCUT2D eigenvalue weighted by Crippen LogP contribution is 2.34. The lowest BCUT2D eigenvalue weighted by Gasteiger charge is -2.37. The Bertz CT molecular complexity index is 1650. The fourth-order valence-corrected chi connectivity index (χ4v) is 5.93. The Morgan fingerprint density at radius 3 is 2.52 bits per heavy atom. The molecule has 1 aliphatic heterocycles. The molecule has 44 heavy (non-hydrogen) atoms. The number of benzene rings is 3. The van der Waals surface area contributed by atoms with Crippen LogP contribution in [0, 0.1) is 0 Å². The summed E-state index contributed by atoms with van der Waals surface area (Å²) >= 11 is 1.58. The van der Waals surface area contributed by atoms with Crippen molar-refractivity contribution in [3.63, 3.8) is 0 Å². The van der Waals surface area contributed by atoms with Crippen LogP contribution in [-0.4, -0.2) is 44.1 Å². The van der Waals surface area contributed by atoms with E-state index in [1.165, 1.54) is 40.8 Å². The van der Waals surface area contributed by atoms with E-state index >= 15 is 0 Å². The molecule has 2 amide bonds. The highest BCUT2D eigenvalue weighted by atomic mass is 32.2. The van der Waals surface area contributed by atoms with Crippen LogP contribution in [0.2, 0.25) is 0 Å². The SMILES string of the molecule is CC(C)c1ccccc1N1/C(=N/C(=O)N/C=C/c2ccc(-c3ncn(-c4ccc(OC(F)(F)F)cc4)n3)cc2)SCCC1C. The monoisotopic (exact) mass is 620 g/mol. The Balaban J connectivity index is 1.22. The second-order valence-corrected chi connectivity index (χ2v) is 11.5. The molecule has 8 nitrogen and oxygen atoms in total. The molecule has 0 aliphatic carbocycles. The molecule has 2 heterocycles. The number of ether oxygens (including phenoxy) is 1. The lowest BCUT2D eigenvalue weighted by molar-refractivity contribution is -0.274. The van der Waals surface area contributed by atoms with Gasteiger partial charge in [0.15, 0.2) is 11.0 Å². The molecule has 1 fully saturated rings. The number of hydrogen-bond acceptors (Lipinski definition) is 5. The van der Waals surface area contributed by atoms with Crippen molar-refractivity contribution in [3.8, 4) is 22.8 Å². The molecule has 228 valence electrons. The summed E-state index contributed by atoms with van der Waals surface area (Å²) in [6.45, 7) is 6.48. The highest BCUT2D eigenvalue weighted by molar-refractivity contribution is 8.14. The first kappa shape index (κ1) is 30.9. The zero-order valence-corrected chi connectivity index (χ0v) is 25.1. The average molecular weight is 621 g/mol. The van der Waals surface area contributed by atoms with Crippen molar-refractivity contribution in [2.75, 3.05) is 10.7 Å². The van der Waals surface area contributed by atoms with Gasteiger partial charge in [-0.25, -0.2) is 14.5 Å².